The molecule has 1 amide bonds. The molecule has 4 rings (SSSR count). The summed E-state index contributed by atoms with van der Waals surface area (Å²) in [5, 5.41) is 19.1. The fraction of sp³-hybridized carbons (Fsp3) is 0.143. The summed E-state index contributed by atoms with van der Waals surface area (Å²) in [6, 6.07) is 18.8. The Balaban J connectivity index is 1.58. The van der Waals surface area contributed by atoms with Crippen LogP contribution in [-0.2, 0) is 11.4 Å². The molecule has 0 aromatic heterocycles. The van der Waals surface area contributed by atoms with Gasteiger partial charge in [0.1, 0.15) is 6.61 Å². The molecule has 0 radical (unpaired) electrons. The van der Waals surface area contributed by atoms with Crippen LogP contribution in [0.5, 0.6) is 11.5 Å². The predicted octanol–water partition coefficient (Wildman–Crippen LogP) is 6.12. The Morgan fingerprint density at radius 3 is 2.61 bits per heavy atom. The Morgan fingerprint density at radius 1 is 1.18 bits per heavy atom. The maximum atomic E-state index is 12.9. The van der Waals surface area contributed by atoms with E-state index < -0.39 is 5.97 Å². The van der Waals surface area contributed by atoms with Crippen LogP contribution >= 0.6 is 23.4 Å². The van der Waals surface area contributed by atoms with Gasteiger partial charge in [0.05, 0.1) is 39.4 Å². The highest BCUT2D eigenvalue weighted by molar-refractivity contribution is 8.18. The van der Waals surface area contributed by atoms with Crippen LogP contribution in [0, 0.1) is 11.3 Å². The minimum absolute atomic E-state index is 0.135. The van der Waals surface area contributed by atoms with Gasteiger partial charge in [-0.25, -0.2) is 9.79 Å². The number of amidine groups is 1. The molecule has 3 aromatic rings. The monoisotopic (exact) mass is 547 g/mol. The molecule has 0 atom stereocenters. The first-order valence-corrected chi connectivity index (χ1v) is 12.7. The van der Waals surface area contributed by atoms with Crippen molar-refractivity contribution >= 4 is 52.2 Å². The summed E-state index contributed by atoms with van der Waals surface area (Å²) in [6.45, 7) is 2.34. The van der Waals surface area contributed by atoms with Crippen LogP contribution in [0.1, 0.15) is 34.0 Å². The Labute approximate surface area is 228 Å². The fourth-order valence-electron chi connectivity index (χ4n) is 3.57. The third kappa shape index (κ3) is 5.99. The number of likely N-dealkylation sites (N-methyl/N-ethyl adjacent to an activating group) is 1. The van der Waals surface area contributed by atoms with Crippen molar-refractivity contribution < 1.29 is 24.2 Å². The molecule has 3 aromatic carbocycles. The molecule has 1 fully saturated rings. The van der Waals surface area contributed by atoms with Crippen molar-refractivity contribution in [3.05, 3.63) is 92.8 Å². The third-order valence-electron chi connectivity index (χ3n) is 5.48. The van der Waals surface area contributed by atoms with Gasteiger partial charge in [-0.3, -0.25) is 9.69 Å². The molecule has 38 heavy (non-hydrogen) atoms. The van der Waals surface area contributed by atoms with Crippen LogP contribution in [-0.4, -0.2) is 40.7 Å². The number of carbonyl (C=O) groups excluding carboxylic acids is 1. The SMILES string of the molecule is CCOc1cc(/C=C2\SC(=Nc3ccc(C(=O)O)cc3)N(C)C2=O)cc(Cl)c1OCc1ccccc1C#N. The van der Waals surface area contributed by atoms with Crippen molar-refractivity contribution in [3.8, 4) is 17.6 Å². The van der Waals surface area contributed by atoms with E-state index in [1.54, 1.807) is 49.5 Å². The lowest BCUT2D eigenvalue weighted by Gasteiger charge is -2.15. The summed E-state index contributed by atoms with van der Waals surface area (Å²) in [5.74, 6) is -0.501. The van der Waals surface area contributed by atoms with Crippen LogP contribution in [0.3, 0.4) is 0 Å². The molecule has 0 spiro atoms. The van der Waals surface area contributed by atoms with Crippen molar-refractivity contribution in [2.24, 2.45) is 4.99 Å². The van der Waals surface area contributed by atoms with Crippen molar-refractivity contribution in [2.75, 3.05) is 13.7 Å². The summed E-state index contributed by atoms with van der Waals surface area (Å²) >= 11 is 7.76. The van der Waals surface area contributed by atoms with E-state index in [2.05, 4.69) is 11.1 Å². The van der Waals surface area contributed by atoms with Crippen molar-refractivity contribution in [3.63, 3.8) is 0 Å². The number of hydrogen-bond donors (Lipinski definition) is 1. The van der Waals surface area contributed by atoms with Gasteiger partial charge in [-0.1, -0.05) is 29.8 Å². The number of carboxylic acids is 1. The normalized spacial score (nSPS) is 15.1. The largest absolute Gasteiger partial charge is 0.490 e. The Kier molecular flexibility index (Phi) is 8.36. The fourth-order valence-corrected chi connectivity index (χ4v) is 4.83. The number of amides is 1. The number of rotatable bonds is 8. The van der Waals surface area contributed by atoms with Crippen LogP contribution in [0.25, 0.3) is 6.08 Å². The van der Waals surface area contributed by atoms with Gasteiger partial charge in [0.25, 0.3) is 5.91 Å². The van der Waals surface area contributed by atoms with Gasteiger partial charge in [-0.05, 0) is 72.8 Å². The average Bonchev–Trinajstić information content (AvgIpc) is 3.16. The molecule has 8 nitrogen and oxygen atoms in total. The lowest BCUT2D eigenvalue weighted by atomic mass is 10.1. The molecule has 1 aliphatic rings. The highest BCUT2D eigenvalue weighted by Gasteiger charge is 2.30. The zero-order valence-corrected chi connectivity index (χ0v) is 22.0. The first-order chi connectivity index (χ1) is 18.3. The molecule has 1 heterocycles. The average molecular weight is 548 g/mol. The van der Waals surface area contributed by atoms with E-state index >= 15 is 0 Å². The Hall–Kier alpha value is -4.26. The predicted molar refractivity (Wildman–Crippen MR) is 147 cm³/mol. The number of aromatic carboxylic acids is 1. The molecular formula is C28H22ClN3O5S. The Bertz CT molecular complexity index is 1500. The molecule has 0 saturated carbocycles. The molecule has 10 heteroatoms. The molecule has 0 unspecified atom stereocenters. The van der Waals surface area contributed by atoms with E-state index in [0.717, 1.165) is 5.56 Å². The number of halogens is 1. The van der Waals surface area contributed by atoms with Gasteiger partial charge in [-0.15, -0.1) is 0 Å². The molecule has 1 saturated heterocycles. The Morgan fingerprint density at radius 2 is 1.92 bits per heavy atom. The van der Waals surface area contributed by atoms with E-state index in [9.17, 15) is 14.9 Å². The minimum atomic E-state index is -1.02. The maximum absolute atomic E-state index is 12.9. The number of nitrogens with zero attached hydrogens (tertiary/aromatic N) is 3. The second-order valence-electron chi connectivity index (χ2n) is 8.04. The number of carboxylic acid groups (broad SMARTS) is 1. The number of aliphatic imine (C=N–C) groups is 1. The molecule has 1 aliphatic heterocycles. The minimum Gasteiger partial charge on any atom is -0.490 e. The second kappa shape index (κ2) is 11.9. The van der Waals surface area contributed by atoms with Gasteiger partial charge in [0.15, 0.2) is 16.7 Å². The molecule has 0 aliphatic carbocycles. The summed E-state index contributed by atoms with van der Waals surface area (Å²) in [4.78, 5) is 30.3. The van der Waals surface area contributed by atoms with Gasteiger partial charge in [0.2, 0.25) is 0 Å². The van der Waals surface area contributed by atoms with E-state index in [0.29, 0.717) is 50.0 Å². The number of carbonyl (C=O) groups is 2. The lowest BCUT2D eigenvalue weighted by Crippen LogP contribution is -2.23. The van der Waals surface area contributed by atoms with Crippen LogP contribution in [0.4, 0.5) is 5.69 Å². The van der Waals surface area contributed by atoms with Gasteiger partial charge < -0.3 is 14.6 Å². The second-order valence-corrected chi connectivity index (χ2v) is 9.46. The highest BCUT2D eigenvalue weighted by atomic mass is 35.5. The number of thioether (sulfide) groups is 1. The smallest absolute Gasteiger partial charge is 0.335 e. The van der Waals surface area contributed by atoms with Gasteiger partial charge in [-0.2, -0.15) is 5.26 Å². The van der Waals surface area contributed by atoms with Crippen molar-refractivity contribution in [1.29, 1.82) is 5.26 Å². The zero-order valence-electron chi connectivity index (χ0n) is 20.5. The van der Waals surface area contributed by atoms with Crippen LogP contribution in [0.2, 0.25) is 5.02 Å². The van der Waals surface area contributed by atoms with Gasteiger partial charge in [0, 0.05) is 12.6 Å². The molecule has 192 valence electrons. The van der Waals surface area contributed by atoms with E-state index in [-0.39, 0.29) is 18.1 Å². The topological polar surface area (TPSA) is 112 Å². The summed E-state index contributed by atoms with van der Waals surface area (Å²) in [5.41, 5.74) is 2.56. The van der Waals surface area contributed by atoms with Crippen molar-refractivity contribution in [1.82, 2.24) is 4.90 Å². The highest BCUT2D eigenvalue weighted by Crippen LogP contribution is 2.40. The van der Waals surface area contributed by atoms with Gasteiger partial charge >= 0.3 is 5.97 Å². The van der Waals surface area contributed by atoms with E-state index in [1.165, 1.54) is 28.8 Å². The van der Waals surface area contributed by atoms with Crippen LogP contribution < -0.4 is 9.47 Å². The molecule has 1 N–H and O–H groups in total. The number of hydrogen-bond acceptors (Lipinski definition) is 7. The van der Waals surface area contributed by atoms with Crippen LogP contribution in [0.15, 0.2) is 70.6 Å². The van der Waals surface area contributed by atoms with Crippen molar-refractivity contribution in [2.45, 2.75) is 13.5 Å². The first kappa shape index (κ1) is 26.8. The first-order valence-electron chi connectivity index (χ1n) is 11.5. The number of nitriles is 1. The van der Waals surface area contributed by atoms with E-state index in [1.807, 2.05) is 19.1 Å². The maximum Gasteiger partial charge on any atom is 0.335 e. The lowest BCUT2D eigenvalue weighted by molar-refractivity contribution is -0.121. The summed E-state index contributed by atoms with van der Waals surface area (Å²) in [7, 11) is 1.62. The third-order valence-corrected chi connectivity index (χ3v) is 6.82. The zero-order chi connectivity index (χ0) is 27.2. The summed E-state index contributed by atoms with van der Waals surface area (Å²) < 4.78 is 11.7. The molecule has 0 bridgehead atoms. The quantitative estimate of drug-likeness (QED) is 0.338. The number of ether oxygens (including phenoxy) is 2. The van der Waals surface area contributed by atoms with E-state index in [4.69, 9.17) is 26.2 Å². The number of benzene rings is 3. The summed E-state index contributed by atoms with van der Waals surface area (Å²) in [6.07, 6.45) is 1.70. The standard InChI is InChI=1S/C28H22ClN3O5S/c1-3-36-23-13-17(12-22(29)25(23)37-16-20-7-5-4-6-19(20)15-30)14-24-26(33)32(2)28(38-24)31-21-10-8-18(9-11-21)27(34)35/h4-14H,3,16H2,1-2H3,(H,34,35)/b24-14-,31-28?. The molecular weight excluding hydrogens is 526 g/mol.